The molecule has 0 amide bonds. The van der Waals surface area contributed by atoms with Crippen LogP contribution in [-0.2, 0) is 32.7 Å². The molecule has 0 bridgehead atoms. The minimum Gasteiger partial charge on any atom is -0.462 e. The molecule has 1 heterocycles. The van der Waals surface area contributed by atoms with Crippen molar-refractivity contribution in [1.29, 1.82) is 0 Å². The van der Waals surface area contributed by atoms with Crippen molar-refractivity contribution in [1.82, 2.24) is 4.90 Å². The van der Waals surface area contributed by atoms with Gasteiger partial charge in [-0.25, -0.2) is 0 Å². The first-order valence-electron chi connectivity index (χ1n) is 3.05. The van der Waals surface area contributed by atoms with Gasteiger partial charge in [-0.3, -0.25) is 0 Å². The molecule has 0 aromatic heterocycles. The zero-order valence-electron chi connectivity index (χ0n) is 6.76. The maximum atomic E-state index is 5.27. The van der Waals surface area contributed by atoms with E-state index in [0.29, 0.717) is 0 Å². The van der Waals surface area contributed by atoms with E-state index >= 15 is 0 Å². The molecule has 59 valence electrons. The van der Waals surface area contributed by atoms with Gasteiger partial charge in [-0.1, -0.05) is 50.1 Å². The van der Waals surface area contributed by atoms with Crippen LogP contribution in [0.2, 0.25) is 0 Å². The van der Waals surface area contributed by atoms with Crippen LogP contribution in [0.5, 0.6) is 0 Å². The fourth-order valence-corrected chi connectivity index (χ4v) is 1.44. The van der Waals surface area contributed by atoms with E-state index in [9.17, 15) is 0 Å². The van der Waals surface area contributed by atoms with E-state index in [0.717, 1.165) is 14.7 Å². The van der Waals surface area contributed by atoms with Crippen molar-refractivity contribution >= 4 is 22.6 Å². The Bertz CT molecular complexity index is 296. The molecule has 1 radical (unpaired) electrons. The maximum Gasteiger partial charge on any atom is 0 e. The number of allylic oxidation sites excluding steroid dienone is 3. The van der Waals surface area contributed by atoms with Crippen LogP contribution in [0.3, 0.4) is 0 Å². The van der Waals surface area contributed by atoms with E-state index in [2.05, 4.69) is 41.3 Å². The molecule has 0 aliphatic carbocycles. The molecule has 12 heavy (non-hydrogen) atoms. The molecule has 1 rings (SSSR count). The van der Waals surface area contributed by atoms with Crippen LogP contribution >= 0.6 is 22.6 Å². The van der Waals surface area contributed by atoms with Crippen molar-refractivity contribution in [2.75, 3.05) is 7.05 Å². The average Bonchev–Trinajstić information content (AvgIpc) is 1.96. The van der Waals surface area contributed by atoms with Gasteiger partial charge in [-0.2, -0.15) is 0 Å². The minimum absolute atomic E-state index is 0. The summed E-state index contributed by atoms with van der Waals surface area (Å²) in [5.74, 6) is 2.57. The third-order valence-electron chi connectivity index (χ3n) is 1.34. The van der Waals surface area contributed by atoms with E-state index in [1.54, 1.807) is 0 Å². The zero-order chi connectivity index (χ0) is 8.43. The number of hydrogen-bond donors (Lipinski definition) is 0. The largest absolute Gasteiger partial charge is 0.462 e. The van der Waals surface area contributed by atoms with E-state index in [1.165, 1.54) is 0 Å². The summed E-state index contributed by atoms with van der Waals surface area (Å²) in [4.78, 5) is 1.81. The Labute approximate surface area is 112 Å². The Morgan fingerprint density at radius 1 is 1.75 bits per heavy atom. The maximum absolute atomic E-state index is 5.27. The van der Waals surface area contributed by atoms with Crippen LogP contribution in [0.1, 0.15) is 0 Å². The van der Waals surface area contributed by atoms with Crippen molar-refractivity contribution < 1.29 is 32.7 Å². The zero-order valence-corrected chi connectivity index (χ0v) is 11.8. The van der Waals surface area contributed by atoms with Crippen LogP contribution < -0.4 is 0 Å². The van der Waals surface area contributed by atoms with Gasteiger partial charge >= 0.3 is 0 Å². The summed E-state index contributed by atoms with van der Waals surface area (Å²) in [7, 11) is 1.89. The number of rotatable bonds is 0. The number of terminal acetylenes is 1. The monoisotopic (exact) mass is 345 g/mol. The van der Waals surface area contributed by atoms with Gasteiger partial charge in [-0.15, -0.1) is 18.6 Å². The Balaban J connectivity index is 0.00000121. The molecule has 0 N–H and O–H groups in total. The summed E-state index contributed by atoms with van der Waals surface area (Å²) in [5.41, 5.74) is 1.71. The van der Waals surface area contributed by atoms with E-state index < -0.39 is 0 Å². The molecule has 1 aliphatic rings. The molecule has 0 saturated carbocycles. The molecule has 3 heteroatoms. The normalized spacial score (nSPS) is 15.8. The number of halogens is 1. The first kappa shape index (κ1) is 12.4. The van der Waals surface area contributed by atoms with Gasteiger partial charge in [0.05, 0.1) is 0 Å². The predicted octanol–water partition coefficient (Wildman–Crippen LogP) is 2.08. The Hall–Kier alpha value is 0.414. The van der Waals surface area contributed by atoms with Crippen molar-refractivity contribution in [3.63, 3.8) is 0 Å². The van der Waals surface area contributed by atoms with Gasteiger partial charge in [0.1, 0.15) is 0 Å². The minimum atomic E-state index is 0. The van der Waals surface area contributed by atoms with Crippen LogP contribution in [0.25, 0.3) is 0 Å². The second-order valence-corrected chi connectivity index (χ2v) is 3.28. The van der Waals surface area contributed by atoms with E-state index in [4.69, 9.17) is 6.42 Å². The molecule has 1 aliphatic heterocycles. The van der Waals surface area contributed by atoms with E-state index in [1.807, 2.05) is 18.1 Å². The molecular weight excluding hydrogens is 338 g/mol. The quantitative estimate of drug-likeness (QED) is 0.369. The Morgan fingerprint density at radius 3 is 2.83 bits per heavy atom. The number of hydrogen-bond acceptors (Lipinski definition) is 1. The molecule has 0 aromatic carbocycles. The summed E-state index contributed by atoms with van der Waals surface area (Å²) < 4.78 is 0.973. The second-order valence-electron chi connectivity index (χ2n) is 2.20. The summed E-state index contributed by atoms with van der Waals surface area (Å²) in [6, 6.07) is 0. The molecule has 0 saturated heterocycles. The average molecular weight is 345 g/mol. The molecule has 1 nitrogen and oxygen atoms in total. The molecule has 0 fully saturated rings. The number of nitrogens with zero attached hydrogens (tertiary/aromatic N) is 1. The van der Waals surface area contributed by atoms with Gasteiger partial charge in [0.15, 0.2) is 0 Å². The molecule has 0 spiro atoms. The fraction of sp³-hybridized carbons (Fsp3) is 0.111. The summed E-state index contributed by atoms with van der Waals surface area (Å²) in [6.45, 7) is 3.84. The van der Waals surface area contributed by atoms with E-state index in [-0.39, 0.29) is 32.7 Å². The Kier molecular flexibility index (Phi) is 5.39. The molecule has 0 unspecified atom stereocenters. The van der Waals surface area contributed by atoms with Crippen LogP contribution in [0, 0.1) is 18.5 Å². The smallest absolute Gasteiger partial charge is 0 e. The topological polar surface area (TPSA) is 3.24 Å². The first-order chi connectivity index (χ1) is 5.15. The first-order valence-corrected chi connectivity index (χ1v) is 4.13. The standard InChI is InChI=1S/C9H7IN.Y/c1-4-8-5-11(3)6-9(10)7(8)2;/h1,5H,2H2,3H3;/q-1;. The Morgan fingerprint density at radius 2 is 2.33 bits per heavy atom. The third kappa shape index (κ3) is 2.72. The van der Waals surface area contributed by atoms with Crippen molar-refractivity contribution in [2.24, 2.45) is 0 Å². The van der Waals surface area contributed by atoms with Crippen molar-refractivity contribution in [3.05, 3.63) is 33.7 Å². The van der Waals surface area contributed by atoms with Gasteiger partial charge in [0, 0.05) is 32.7 Å². The molecular formula is C9H7INY-. The SMILES string of the molecule is C#CC1=CN(C)[C-]=C(I)C1=C.[Y]. The van der Waals surface area contributed by atoms with Crippen molar-refractivity contribution in [3.8, 4) is 12.3 Å². The van der Waals surface area contributed by atoms with Crippen LogP contribution in [-0.4, -0.2) is 11.9 Å². The van der Waals surface area contributed by atoms with Gasteiger partial charge in [-0.05, 0) is 7.05 Å². The molecule has 0 atom stereocenters. The summed E-state index contributed by atoms with van der Waals surface area (Å²) >= 11 is 2.16. The van der Waals surface area contributed by atoms with Gasteiger partial charge < -0.3 is 4.90 Å². The van der Waals surface area contributed by atoms with Crippen molar-refractivity contribution in [2.45, 2.75) is 0 Å². The summed E-state index contributed by atoms with van der Waals surface area (Å²) in [6.07, 6.45) is 10.2. The van der Waals surface area contributed by atoms with Gasteiger partial charge in [0.25, 0.3) is 0 Å². The second kappa shape index (κ2) is 5.21. The third-order valence-corrected chi connectivity index (χ3v) is 2.24. The predicted molar refractivity (Wildman–Crippen MR) is 54.6 cm³/mol. The van der Waals surface area contributed by atoms with Crippen LogP contribution in [0.15, 0.2) is 27.5 Å². The summed E-state index contributed by atoms with van der Waals surface area (Å²) in [5, 5.41) is 0. The van der Waals surface area contributed by atoms with Crippen LogP contribution in [0.4, 0.5) is 0 Å². The molecule has 0 aromatic rings. The van der Waals surface area contributed by atoms with Gasteiger partial charge in [0.2, 0.25) is 0 Å². The fourth-order valence-electron chi connectivity index (χ4n) is 0.769.